The lowest BCUT2D eigenvalue weighted by Crippen LogP contribution is -2.48. The van der Waals surface area contributed by atoms with E-state index in [2.05, 4.69) is 0 Å². The first kappa shape index (κ1) is 16.4. The highest BCUT2D eigenvalue weighted by molar-refractivity contribution is 6.35. The van der Waals surface area contributed by atoms with Crippen LogP contribution in [0.5, 0.6) is 0 Å². The maximum atomic E-state index is 12.4. The molecule has 0 saturated carbocycles. The van der Waals surface area contributed by atoms with Crippen molar-refractivity contribution in [3.63, 3.8) is 0 Å². The molecule has 0 aromatic heterocycles. The minimum atomic E-state index is -0.206. The van der Waals surface area contributed by atoms with Crippen molar-refractivity contribution in [1.82, 2.24) is 9.80 Å². The molecule has 1 aromatic rings. The van der Waals surface area contributed by atoms with Crippen LogP contribution in [-0.4, -0.2) is 48.6 Å². The van der Waals surface area contributed by atoms with Crippen molar-refractivity contribution in [1.29, 1.82) is 0 Å². The molecule has 0 aliphatic carbocycles. The van der Waals surface area contributed by atoms with Crippen LogP contribution in [0.2, 0.25) is 10.0 Å². The lowest BCUT2D eigenvalue weighted by Gasteiger charge is -2.36. The van der Waals surface area contributed by atoms with Crippen molar-refractivity contribution < 1.29 is 9.53 Å². The van der Waals surface area contributed by atoms with Gasteiger partial charge in [0.25, 0.3) is 0 Å². The Kier molecular flexibility index (Phi) is 5.73. The van der Waals surface area contributed by atoms with E-state index in [9.17, 15) is 4.79 Å². The molecule has 1 unspecified atom stereocenters. The van der Waals surface area contributed by atoms with Gasteiger partial charge in [0.2, 0.25) is 0 Å². The van der Waals surface area contributed by atoms with Gasteiger partial charge < -0.3 is 14.5 Å². The van der Waals surface area contributed by atoms with Gasteiger partial charge in [-0.25, -0.2) is 4.79 Å². The SMILES string of the molecule is CCN(CC)C(=O)N1CCOC(c2ccc(Cl)cc2Cl)C1. The monoisotopic (exact) mass is 330 g/mol. The van der Waals surface area contributed by atoms with Crippen molar-refractivity contribution in [3.8, 4) is 0 Å². The van der Waals surface area contributed by atoms with Crippen LogP contribution in [0, 0.1) is 0 Å². The standard InChI is InChI=1S/C15H20Cl2N2O2/c1-3-18(4-2)15(20)19-7-8-21-14(10-19)12-6-5-11(16)9-13(12)17/h5-6,9,14H,3-4,7-8,10H2,1-2H3. The summed E-state index contributed by atoms with van der Waals surface area (Å²) in [6, 6.07) is 5.41. The lowest BCUT2D eigenvalue weighted by atomic mass is 10.1. The van der Waals surface area contributed by atoms with Crippen molar-refractivity contribution >= 4 is 29.2 Å². The molecule has 1 heterocycles. The van der Waals surface area contributed by atoms with Crippen molar-refractivity contribution in [2.24, 2.45) is 0 Å². The number of rotatable bonds is 3. The molecule has 1 aliphatic rings. The number of carbonyl (C=O) groups excluding carboxylic acids is 1. The molecule has 6 heteroatoms. The Labute approximate surface area is 135 Å². The number of nitrogens with zero attached hydrogens (tertiary/aromatic N) is 2. The predicted molar refractivity (Wildman–Crippen MR) is 85.0 cm³/mol. The van der Waals surface area contributed by atoms with E-state index in [1.807, 2.05) is 29.7 Å². The average Bonchev–Trinajstić information content (AvgIpc) is 2.48. The normalized spacial score (nSPS) is 18.7. The zero-order valence-corrected chi connectivity index (χ0v) is 13.8. The van der Waals surface area contributed by atoms with E-state index in [-0.39, 0.29) is 12.1 Å². The average molecular weight is 331 g/mol. The fourth-order valence-corrected chi connectivity index (χ4v) is 3.00. The third kappa shape index (κ3) is 3.82. The van der Waals surface area contributed by atoms with Crippen LogP contribution in [-0.2, 0) is 4.74 Å². The van der Waals surface area contributed by atoms with Crippen molar-refractivity contribution in [2.45, 2.75) is 20.0 Å². The van der Waals surface area contributed by atoms with E-state index in [1.54, 1.807) is 12.1 Å². The van der Waals surface area contributed by atoms with Crippen LogP contribution in [0.25, 0.3) is 0 Å². The van der Waals surface area contributed by atoms with Crippen LogP contribution < -0.4 is 0 Å². The Morgan fingerprint density at radius 3 is 2.71 bits per heavy atom. The highest BCUT2D eigenvalue weighted by atomic mass is 35.5. The van der Waals surface area contributed by atoms with Crippen LogP contribution >= 0.6 is 23.2 Å². The van der Waals surface area contributed by atoms with Gasteiger partial charge in [-0.15, -0.1) is 0 Å². The van der Waals surface area contributed by atoms with Crippen LogP contribution in [0.4, 0.5) is 4.79 Å². The van der Waals surface area contributed by atoms with E-state index in [0.717, 1.165) is 5.56 Å². The maximum absolute atomic E-state index is 12.4. The second-order valence-corrected chi connectivity index (χ2v) is 5.77. The molecule has 116 valence electrons. The van der Waals surface area contributed by atoms with Crippen LogP contribution in [0.1, 0.15) is 25.5 Å². The largest absolute Gasteiger partial charge is 0.370 e. The summed E-state index contributed by atoms with van der Waals surface area (Å²) >= 11 is 12.1. The Morgan fingerprint density at radius 1 is 1.38 bits per heavy atom. The number of hydrogen-bond acceptors (Lipinski definition) is 2. The van der Waals surface area contributed by atoms with Gasteiger partial charge in [0.05, 0.1) is 13.2 Å². The number of amides is 2. The van der Waals surface area contributed by atoms with Crippen molar-refractivity contribution in [2.75, 3.05) is 32.8 Å². The van der Waals surface area contributed by atoms with Crippen molar-refractivity contribution in [3.05, 3.63) is 33.8 Å². The maximum Gasteiger partial charge on any atom is 0.320 e. The topological polar surface area (TPSA) is 32.8 Å². The van der Waals surface area contributed by atoms with Gasteiger partial charge >= 0.3 is 6.03 Å². The number of benzene rings is 1. The quantitative estimate of drug-likeness (QED) is 0.843. The minimum Gasteiger partial charge on any atom is -0.370 e. The van der Waals surface area contributed by atoms with E-state index in [0.29, 0.717) is 42.8 Å². The molecular weight excluding hydrogens is 311 g/mol. The smallest absolute Gasteiger partial charge is 0.320 e. The van der Waals surface area contributed by atoms with Gasteiger partial charge in [-0.1, -0.05) is 29.3 Å². The zero-order chi connectivity index (χ0) is 15.4. The molecule has 1 aliphatic heterocycles. The highest BCUT2D eigenvalue weighted by Crippen LogP contribution is 2.30. The van der Waals surface area contributed by atoms with E-state index in [4.69, 9.17) is 27.9 Å². The zero-order valence-electron chi connectivity index (χ0n) is 12.3. The summed E-state index contributed by atoms with van der Waals surface area (Å²) in [5.74, 6) is 0. The number of carbonyl (C=O) groups is 1. The van der Waals surface area contributed by atoms with Gasteiger partial charge in [0.15, 0.2) is 0 Å². The Morgan fingerprint density at radius 2 is 2.10 bits per heavy atom. The highest BCUT2D eigenvalue weighted by Gasteiger charge is 2.28. The predicted octanol–water partition coefficient (Wildman–Crippen LogP) is 3.83. The second kappa shape index (κ2) is 7.34. The van der Waals surface area contributed by atoms with Gasteiger partial charge in [-0.3, -0.25) is 0 Å². The van der Waals surface area contributed by atoms with Gasteiger partial charge in [0, 0.05) is 35.2 Å². The molecule has 0 bridgehead atoms. The molecule has 1 saturated heterocycles. The molecule has 0 N–H and O–H groups in total. The number of ether oxygens (including phenoxy) is 1. The molecule has 21 heavy (non-hydrogen) atoms. The number of morpholine rings is 1. The Balaban J connectivity index is 2.12. The molecule has 2 amide bonds. The molecule has 2 rings (SSSR count). The molecule has 0 spiro atoms. The first-order valence-corrected chi connectivity index (χ1v) is 7.92. The third-order valence-corrected chi connectivity index (χ3v) is 4.24. The van der Waals surface area contributed by atoms with Crippen LogP contribution in [0.15, 0.2) is 18.2 Å². The first-order chi connectivity index (χ1) is 10.1. The summed E-state index contributed by atoms with van der Waals surface area (Å²) in [6.07, 6.45) is -0.206. The summed E-state index contributed by atoms with van der Waals surface area (Å²) in [5, 5.41) is 1.17. The number of hydrogen-bond donors (Lipinski definition) is 0. The Bertz CT molecular complexity index is 506. The second-order valence-electron chi connectivity index (χ2n) is 4.93. The van der Waals surface area contributed by atoms with E-state index >= 15 is 0 Å². The van der Waals surface area contributed by atoms with Crippen LogP contribution in [0.3, 0.4) is 0 Å². The van der Waals surface area contributed by atoms with Gasteiger partial charge in [-0.05, 0) is 26.0 Å². The molecule has 4 nitrogen and oxygen atoms in total. The minimum absolute atomic E-state index is 0.0541. The third-order valence-electron chi connectivity index (χ3n) is 3.68. The fraction of sp³-hybridized carbons (Fsp3) is 0.533. The van der Waals surface area contributed by atoms with E-state index in [1.165, 1.54) is 0 Å². The van der Waals surface area contributed by atoms with Gasteiger partial charge in [0.1, 0.15) is 6.10 Å². The first-order valence-electron chi connectivity index (χ1n) is 7.17. The van der Waals surface area contributed by atoms with E-state index < -0.39 is 0 Å². The summed E-state index contributed by atoms with van der Waals surface area (Å²) in [5.41, 5.74) is 0.873. The lowest BCUT2D eigenvalue weighted by molar-refractivity contribution is -0.0201. The molecule has 1 fully saturated rings. The van der Waals surface area contributed by atoms with Gasteiger partial charge in [-0.2, -0.15) is 0 Å². The fourth-order valence-electron chi connectivity index (χ4n) is 2.47. The summed E-state index contributed by atoms with van der Waals surface area (Å²) in [7, 11) is 0. The Hall–Kier alpha value is -0.970. The molecular formula is C15H20Cl2N2O2. The summed E-state index contributed by atoms with van der Waals surface area (Å²) in [6.45, 7) is 7.01. The molecule has 0 radical (unpaired) electrons. The summed E-state index contributed by atoms with van der Waals surface area (Å²) < 4.78 is 5.77. The number of halogens is 2. The molecule has 1 atom stereocenters. The summed E-state index contributed by atoms with van der Waals surface area (Å²) in [4.78, 5) is 16.1. The molecule has 1 aromatic carbocycles. The number of urea groups is 1.